The first-order valence-corrected chi connectivity index (χ1v) is 8.87. The molecule has 2 aromatic rings. The van der Waals surface area contributed by atoms with Gasteiger partial charge in [0, 0.05) is 6.54 Å². The zero-order chi connectivity index (χ0) is 17.5. The smallest absolute Gasteiger partial charge is 0.224 e. The molecule has 0 bridgehead atoms. The predicted octanol–water partition coefficient (Wildman–Crippen LogP) is 4.72. The summed E-state index contributed by atoms with van der Waals surface area (Å²) in [7, 11) is 0. The number of nitrogens with one attached hydrogen (secondary N) is 1. The SMILES string of the molecule is Cc1ccc(CC(=O)NCCCc2ccc(C(C)C)cc2)cc1C. The molecule has 2 heteroatoms. The largest absolute Gasteiger partial charge is 0.356 e. The lowest BCUT2D eigenvalue weighted by Crippen LogP contribution is -2.26. The van der Waals surface area contributed by atoms with Gasteiger partial charge in [0.25, 0.3) is 0 Å². The molecule has 2 aromatic carbocycles. The second-order valence-electron chi connectivity index (χ2n) is 6.95. The summed E-state index contributed by atoms with van der Waals surface area (Å²) in [4.78, 5) is 12.0. The van der Waals surface area contributed by atoms with Crippen molar-refractivity contribution in [3.05, 3.63) is 70.3 Å². The summed E-state index contributed by atoms with van der Waals surface area (Å²) < 4.78 is 0. The van der Waals surface area contributed by atoms with Gasteiger partial charge in [0.15, 0.2) is 0 Å². The third kappa shape index (κ3) is 5.52. The molecule has 0 unspecified atom stereocenters. The van der Waals surface area contributed by atoms with Crippen LogP contribution < -0.4 is 5.32 Å². The highest BCUT2D eigenvalue weighted by molar-refractivity contribution is 5.78. The van der Waals surface area contributed by atoms with Crippen LogP contribution in [0, 0.1) is 13.8 Å². The summed E-state index contributed by atoms with van der Waals surface area (Å²) in [6.07, 6.45) is 2.44. The Morgan fingerprint density at radius 2 is 1.62 bits per heavy atom. The molecule has 0 heterocycles. The van der Waals surface area contributed by atoms with Crippen LogP contribution in [0.15, 0.2) is 42.5 Å². The molecular weight excluding hydrogens is 294 g/mol. The van der Waals surface area contributed by atoms with Gasteiger partial charge in [-0.05, 0) is 60.4 Å². The van der Waals surface area contributed by atoms with E-state index in [1.54, 1.807) is 0 Å². The quantitative estimate of drug-likeness (QED) is 0.734. The molecule has 0 radical (unpaired) electrons. The average Bonchev–Trinajstić information content (AvgIpc) is 2.55. The summed E-state index contributed by atoms with van der Waals surface area (Å²) >= 11 is 0. The van der Waals surface area contributed by atoms with Crippen molar-refractivity contribution in [2.45, 2.75) is 52.9 Å². The minimum Gasteiger partial charge on any atom is -0.356 e. The number of rotatable bonds is 7. The number of hydrogen-bond donors (Lipinski definition) is 1. The second-order valence-corrected chi connectivity index (χ2v) is 6.95. The lowest BCUT2D eigenvalue weighted by atomic mass is 10.0. The third-order valence-electron chi connectivity index (χ3n) is 4.55. The van der Waals surface area contributed by atoms with E-state index in [1.807, 2.05) is 6.07 Å². The van der Waals surface area contributed by atoms with Gasteiger partial charge in [0.05, 0.1) is 6.42 Å². The van der Waals surface area contributed by atoms with Gasteiger partial charge in [-0.3, -0.25) is 4.79 Å². The first-order chi connectivity index (χ1) is 11.5. The number of hydrogen-bond acceptors (Lipinski definition) is 1. The minimum absolute atomic E-state index is 0.105. The fourth-order valence-electron chi connectivity index (χ4n) is 2.75. The van der Waals surface area contributed by atoms with E-state index < -0.39 is 0 Å². The van der Waals surface area contributed by atoms with Crippen LogP contribution in [0.25, 0.3) is 0 Å². The average molecular weight is 323 g/mol. The molecule has 0 aromatic heterocycles. The van der Waals surface area contributed by atoms with Crippen LogP contribution >= 0.6 is 0 Å². The van der Waals surface area contributed by atoms with E-state index >= 15 is 0 Å². The monoisotopic (exact) mass is 323 g/mol. The molecule has 0 saturated carbocycles. The third-order valence-corrected chi connectivity index (χ3v) is 4.55. The molecule has 0 spiro atoms. The number of carbonyl (C=O) groups is 1. The van der Waals surface area contributed by atoms with Crippen LogP contribution in [0.5, 0.6) is 0 Å². The van der Waals surface area contributed by atoms with E-state index in [-0.39, 0.29) is 5.91 Å². The maximum Gasteiger partial charge on any atom is 0.224 e. The maximum atomic E-state index is 12.0. The standard InChI is InChI=1S/C22H29NO/c1-16(2)21-11-9-19(10-12-21)6-5-13-23-22(24)15-20-8-7-17(3)18(4)14-20/h7-12,14,16H,5-6,13,15H2,1-4H3,(H,23,24). The molecule has 1 amide bonds. The van der Waals surface area contributed by atoms with Crippen LogP contribution in [0.4, 0.5) is 0 Å². The van der Waals surface area contributed by atoms with Gasteiger partial charge in [0.2, 0.25) is 5.91 Å². The Balaban J connectivity index is 1.71. The van der Waals surface area contributed by atoms with Crippen LogP contribution in [0.2, 0.25) is 0 Å². The zero-order valence-corrected chi connectivity index (χ0v) is 15.4. The molecule has 128 valence electrons. The Kier molecular flexibility index (Phi) is 6.60. The molecule has 1 N–H and O–H groups in total. The lowest BCUT2D eigenvalue weighted by Gasteiger charge is -2.08. The Hall–Kier alpha value is -2.09. The van der Waals surface area contributed by atoms with Gasteiger partial charge in [-0.2, -0.15) is 0 Å². The van der Waals surface area contributed by atoms with Gasteiger partial charge in [0.1, 0.15) is 0 Å². The minimum atomic E-state index is 0.105. The van der Waals surface area contributed by atoms with Crippen molar-refractivity contribution in [1.82, 2.24) is 5.32 Å². The fraction of sp³-hybridized carbons (Fsp3) is 0.409. The Morgan fingerprint density at radius 3 is 2.25 bits per heavy atom. The Labute approximate surface area is 146 Å². The van der Waals surface area contributed by atoms with Crippen molar-refractivity contribution in [3.63, 3.8) is 0 Å². The Bertz CT molecular complexity index is 671. The molecule has 0 saturated heterocycles. The van der Waals surface area contributed by atoms with Crippen LogP contribution in [0.3, 0.4) is 0 Å². The van der Waals surface area contributed by atoms with Crippen molar-refractivity contribution in [2.24, 2.45) is 0 Å². The predicted molar refractivity (Wildman–Crippen MR) is 101 cm³/mol. The van der Waals surface area contributed by atoms with E-state index in [4.69, 9.17) is 0 Å². The second kappa shape index (κ2) is 8.68. The van der Waals surface area contributed by atoms with Crippen molar-refractivity contribution in [2.75, 3.05) is 6.54 Å². The van der Waals surface area contributed by atoms with Crippen molar-refractivity contribution < 1.29 is 4.79 Å². The van der Waals surface area contributed by atoms with E-state index in [0.717, 1.165) is 24.9 Å². The van der Waals surface area contributed by atoms with Gasteiger partial charge in [-0.25, -0.2) is 0 Å². The van der Waals surface area contributed by atoms with Crippen LogP contribution in [-0.2, 0) is 17.6 Å². The molecule has 24 heavy (non-hydrogen) atoms. The fourth-order valence-corrected chi connectivity index (χ4v) is 2.75. The van der Waals surface area contributed by atoms with Crippen LogP contribution in [0.1, 0.15) is 54.0 Å². The van der Waals surface area contributed by atoms with Gasteiger partial charge in [-0.15, -0.1) is 0 Å². The summed E-state index contributed by atoms with van der Waals surface area (Å²) in [5.41, 5.74) is 6.30. The summed E-state index contributed by atoms with van der Waals surface area (Å²) in [5, 5.41) is 3.03. The molecule has 0 aliphatic rings. The highest BCUT2D eigenvalue weighted by atomic mass is 16.1. The van der Waals surface area contributed by atoms with Gasteiger partial charge >= 0.3 is 0 Å². The maximum absolute atomic E-state index is 12.0. The van der Waals surface area contributed by atoms with Crippen molar-refractivity contribution in [3.8, 4) is 0 Å². The summed E-state index contributed by atoms with van der Waals surface area (Å²) in [6.45, 7) is 9.32. The normalized spacial score (nSPS) is 10.9. The molecule has 0 aliphatic carbocycles. The van der Waals surface area contributed by atoms with E-state index in [2.05, 4.69) is 69.4 Å². The van der Waals surface area contributed by atoms with Crippen molar-refractivity contribution in [1.29, 1.82) is 0 Å². The molecule has 2 rings (SSSR count). The van der Waals surface area contributed by atoms with Crippen LogP contribution in [-0.4, -0.2) is 12.5 Å². The number of amides is 1. The van der Waals surface area contributed by atoms with Crippen molar-refractivity contribution >= 4 is 5.91 Å². The first-order valence-electron chi connectivity index (χ1n) is 8.87. The molecular formula is C22H29NO. The summed E-state index contributed by atoms with van der Waals surface area (Å²) in [5.74, 6) is 0.678. The Morgan fingerprint density at radius 1 is 0.958 bits per heavy atom. The number of carbonyl (C=O) groups excluding carboxylic acids is 1. The summed E-state index contributed by atoms with van der Waals surface area (Å²) in [6, 6.07) is 15.0. The topological polar surface area (TPSA) is 29.1 Å². The zero-order valence-electron chi connectivity index (χ0n) is 15.4. The first kappa shape index (κ1) is 18.3. The molecule has 0 aliphatic heterocycles. The molecule has 0 atom stereocenters. The highest BCUT2D eigenvalue weighted by Gasteiger charge is 2.04. The van der Waals surface area contributed by atoms with Gasteiger partial charge in [-0.1, -0.05) is 56.3 Å². The van der Waals surface area contributed by atoms with E-state index in [9.17, 15) is 4.79 Å². The number of aryl methyl sites for hydroxylation is 3. The molecule has 0 fully saturated rings. The molecule has 2 nitrogen and oxygen atoms in total. The van der Waals surface area contributed by atoms with E-state index in [1.165, 1.54) is 22.3 Å². The van der Waals surface area contributed by atoms with Gasteiger partial charge < -0.3 is 5.32 Å². The van der Waals surface area contributed by atoms with E-state index in [0.29, 0.717) is 12.3 Å². The lowest BCUT2D eigenvalue weighted by molar-refractivity contribution is -0.120. The highest BCUT2D eigenvalue weighted by Crippen LogP contribution is 2.15. The number of benzene rings is 2.